The third-order valence-corrected chi connectivity index (χ3v) is 3.84. The molecule has 1 heterocycles. The summed E-state index contributed by atoms with van der Waals surface area (Å²) in [7, 11) is 3.63. The summed E-state index contributed by atoms with van der Waals surface area (Å²) >= 11 is 0. The monoisotopic (exact) mass is 305 g/mol. The summed E-state index contributed by atoms with van der Waals surface area (Å²) in [5.74, 6) is -0.140. The molecule has 120 valence electrons. The number of rotatable bonds is 4. The Hall–Kier alpha value is -2.08. The number of hydrogen-bond donors (Lipinski definition) is 1. The Morgan fingerprint density at radius 1 is 1.14 bits per heavy atom. The molecule has 0 spiro atoms. The molecule has 0 atom stereocenters. The van der Waals surface area contributed by atoms with Crippen LogP contribution in [0.3, 0.4) is 0 Å². The summed E-state index contributed by atoms with van der Waals surface area (Å²) in [6, 6.07) is 7.67. The van der Waals surface area contributed by atoms with Gasteiger partial charge in [-0.1, -0.05) is 12.1 Å². The molecule has 0 saturated carbocycles. The van der Waals surface area contributed by atoms with Crippen LogP contribution in [-0.2, 0) is 16.0 Å². The Balaban J connectivity index is 1.73. The quantitative estimate of drug-likeness (QED) is 0.803. The number of amides is 2. The molecular formula is C16H23N3O3. The summed E-state index contributed by atoms with van der Waals surface area (Å²) in [5, 5.41) is 2.69. The maximum Gasteiger partial charge on any atom is 0.311 e. The Labute approximate surface area is 131 Å². The van der Waals surface area contributed by atoms with Gasteiger partial charge in [-0.3, -0.25) is 9.59 Å². The lowest BCUT2D eigenvalue weighted by molar-refractivity contribution is -0.146. The van der Waals surface area contributed by atoms with Crippen molar-refractivity contribution in [3.63, 3.8) is 0 Å². The number of carbonyl (C=O) groups is 2. The van der Waals surface area contributed by atoms with Gasteiger partial charge in [0.2, 0.25) is 0 Å². The Bertz CT molecular complexity index is 508. The average molecular weight is 305 g/mol. The Morgan fingerprint density at radius 3 is 2.36 bits per heavy atom. The molecule has 1 saturated heterocycles. The summed E-state index contributed by atoms with van der Waals surface area (Å²) in [5.41, 5.74) is 1.09. The molecule has 1 aromatic rings. The minimum Gasteiger partial charge on any atom is -0.497 e. The Morgan fingerprint density at radius 2 is 1.77 bits per heavy atom. The van der Waals surface area contributed by atoms with E-state index in [9.17, 15) is 9.59 Å². The van der Waals surface area contributed by atoms with E-state index in [4.69, 9.17) is 4.74 Å². The van der Waals surface area contributed by atoms with Crippen molar-refractivity contribution in [1.29, 1.82) is 0 Å². The molecule has 6 heteroatoms. The van der Waals surface area contributed by atoms with Gasteiger partial charge in [0.05, 0.1) is 7.11 Å². The molecule has 1 aliphatic heterocycles. The summed E-state index contributed by atoms with van der Waals surface area (Å²) in [6.45, 7) is 3.29. The minimum atomic E-state index is -0.516. The van der Waals surface area contributed by atoms with Crippen molar-refractivity contribution in [2.75, 3.05) is 46.9 Å². The van der Waals surface area contributed by atoms with Crippen molar-refractivity contribution in [3.05, 3.63) is 29.8 Å². The second-order valence-electron chi connectivity index (χ2n) is 5.45. The lowest BCUT2D eigenvalue weighted by atomic mass is 10.1. The fourth-order valence-corrected chi connectivity index (χ4v) is 2.34. The predicted octanol–water partition coefficient (Wildman–Crippen LogP) is 0.128. The zero-order chi connectivity index (χ0) is 15.9. The van der Waals surface area contributed by atoms with Gasteiger partial charge in [-0.05, 0) is 31.2 Å². The highest BCUT2D eigenvalue weighted by molar-refractivity contribution is 6.35. The fourth-order valence-electron chi connectivity index (χ4n) is 2.34. The van der Waals surface area contributed by atoms with E-state index in [0.29, 0.717) is 26.1 Å². The number of nitrogens with one attached hydrogen (secondary N) is 1. The fraction of sp³-hybridized carbons (Fsp3) is 0.500. The number of benzene rings is 1. The van der Waals surface area contributed by atoms with Gasteiger partial charge in [-0.25, -0.2) is 0 Å². The smallest absolute Gasteiger partial charge is 0.311 e. The van der Waals surface area contributed by atoms with Crippen LogP contribution < -0.4 is 10.1 Å². The third-order valence-electron chi connectivity index (χ3n) is 3.84. The van der Waals surface area contributed by atoms with Crippen molar-refractivity contribution < 1.29 is 14.3 Å². The van der Waals surface area contributed by atoms with Crippen molar-refractivity contribution in [2.45, 2.75) is 6.42 Å². The van der Waals surface area contributed by atoms with Crippen LogP contribution >= 0.6 is 0 Å². The number of methoxy groups -OCH3 is 1. The molecule has 1 fully saturated rings. The first-order chi connectivity index (χ1) is 10.6. The lowest BCUT2D eigenvalue weighted by Gasteiger charge is -2.31. The van der Waals surface area contributed by atoms with Crippen LogP contribution in [-0.4, -0.2) is 68.5 Å². The van der Waals surface area contributed by atoms with Gasteiger partial charge in [0.25, 0.3) is 0 Å². The zero-order valence-corrected chi connectivity index (χ0v) is 13.2. The molecule has 1 N–H and O–H groups in total. The highest BCUT2D eigenvalue weighted by Gasteiger charge is 2.24. The number of ether oxygens (including phenoxy) is 1. The van der Waals surface area contributed by atoms with Gasteiger partial charge in [-0.2, -0.15) is 0 Å². The molecule has 0 aromatic heterocycles. The minimum absolute atomic E-state index is 0.428. The molecule has 2 rings (SSSR count). The largest absolute Gasteiger partial charge is 0.497 e. The van der Waals surface area contributed by atoms with Crippen LogP contribution in [0.5, 0.6) is 5.75 Å². The van der Waals surface area contributed by atoms with E-state index in [-0.39, 0.29) is 0 Å². The van der Waals surface area contributed by atoms with Crippen molar-refractivity contribution >= 4 is 11.8 Å². The van der Waals surface area contributed by atoms with Crippen LogP contribution in [0, 0.1) is 0 Å². The van der Waals surface area contributed by atoms with Crippen LogP contribution in [0.1, 0.15) is 5.56 Å². The number of nitrogens with zero attached hydrogens (tertiary/aromatic N) is 2. The first-order valence-electron chi connectivity index (χ1n) is 7.48. The van der Waals surface area contributed by atoms with Gasteiger partial charge in [0, 0.05) is 32.7 Å². The molecule has 6 nitrogen and oxygen atoms in total. The summed E-state index contributed by atoms with van der Waals surface area (Å²) in [4.78, 5) is 27.6. The second-order valence-corrected chi connectivity index (χ2v) is 5.45. The zero-order valence-electron chi connectivity index (χ0n) is 13.2. The van der Waals surface area contributed by atoms with E-state index in [0.717, 1.165) is 24.4 Å². The van der Waals surface area contributed by atoms with Gasteiger partial charge in [0.15, 0.2) is 0 Å². The van der Waals surface area contributed by atoms with Crippen molar-refractivity contribution in [1.82, 2.24) is 15.1 Å². The van der Waals surface area contributed by atoms with Gasteiger partial charge in [0.1, 0.15) is 5.75 Å². The predicted molar refractivity (Wildman–Crippen MR) is 83.8 cm³/mol. The number of piperazine rings is 1. The molecule has 0 bridgehead atoms. The van der Waals surface area contributed by atoms with Crippen LogP contribution in [0.4, 0.5) is 0 Å². The molecule has 1 aromatic carbocycles. The molecule has 0 aliphatic carbocycles. The SMILES string of the molecule is COc1ccc(CCNC(=O)C(=O)N2CCN(C)CC2)cc1. The summed E-state index contributed by atoms with van der Waals surface area (Å²) < 4.78 is 5.09. The van der Waals surface area contributed by atoms with Gasteiger partial charge >= 0.3 is 11.8 Å². The van der Waals surface area contributed by atoms with E-state index in [1.807, 2.05) is 31.3 Å². The van der Waals surface area contributed by atoms with E-state index in [2.05, 4.69) is 10.2 Å². The average Bonchev–Trinajstić information content (AvgIpc) is 2.55. The molecule has 2 amide bonds. The molecule has 0 unspecified atom stereocenters. The van der Waals surface area contributed by atoms with Crippen LogP contribution in [0.2, 0.25) is 0 Å². The highest BCUT2D eigenvalue weighted by Crippen LogP contribution is 2.11. The summed E-state index contributed by atoms with van der Waals surface area (Å²) in [6.07, 6.45) is 0.686. The van der Waals surface area contributed by atoms with Crippen molar-refractivity contribution in [3.8, 4) is 5.75 Å². The maximum atomic E-state index is 12.0. The van der Waals surface area contributed by atoms with Crippen LogP contribution in [0.15, 0.2) is 24.3 Å². The number of likely N-dealkylation sites (N-methyl/N-ethyl adjacent to an activating group) is 1. The molecular weight excluding hydrogens is 282 g/mol. The van der Waals surface area contributed by atoms with E-state index in [1.165, 1.54) is 0 Å². The first kappa shape index (κ1) is 16.3. The standard InChI is InChI=1S/C16H23N3O3/c1-18-9-11-19(12-10-18)16(21)15(20)17-8-7-13-3-5-14(22-2)6-4-13/h3-6H,7-12H2,1-2H3,(H,17,20). The first-order valence-corrected chi connectivity index (χ1v) is 7.48. The normalized spacial score (nSPS) is 15.5. The Kier molecular flexibility index (Phi) is 5.77. The maximum absolute atomic E-state index is 12.0. The third kappa shape index (κ3) is 4.46. The number of carbonyl (C=O) groups excluding carboxylic acids is 2. The van der Waals surface area contributed by atoms with E-state index in [1.54, 1.807) is 12.0 Å². The molecule has 0 radical (unpaired) electrons. The van der Waals surface area contributed by atoms with Gasteiger partial charge in [-0.15, -0.1) is 0 Å². The van der Waals surface area contributed by atoms with Gasteiger partial charge < -0.3 is 19.9 Å². The van der Waals surface area contributed by atoms with Crippen LogP contribution in [0.25, 0.3) is 0 Å². The van der Waals surface area contributed by atoms with E-state index < -0.39 is 11.8 Å². The van der Waals surface area contributed by atoms with Crippen molar-refractivity contribution in [2.24, 2.45) is 0 Å². The molecule has 22 heavy (non-hydrogen) atoms. The second kappa shape index (κ2) is 7.79. The highest BCUT2D eigenvalue weighted by atomic mass is 16.5. The number of hydrogen-bond acceptors (Lipinski definition) is 4. The molecule has 1 aliphatic rings. The lowest BCUT2D eigenvalue weighted by Crippen LogP contribution is -2.51. The van der Waals surface area contributed by atoms with E-state index >= 15 is 0 Å². The topological polar surface area (TPSA) is 61.9 Å².